The first kappa shape index (κ1) is 22.9. The van der Waals surface area contributed by atoms with E-state index < -0.39 is 0 Å². The second-order valence-corrected chi connectivity index (χ2v) is 9.05. The van der Waals surface area contributed by atoms with Gasteiger partial charge in [-0.15, -0.1) is 10.2 Å². The number of benzene rings is 2. The number of rotatable bonds is 9. The van der Waals surface area contributed by atoms with E-state index in [0.717, 1.165) is 22.6 Å². The van der Waals surface area contributed by atoms with E-state index in [1.807, 2.05) is 72.2 Å². The topological polar surface area (TPSA) is 82.2 Å². The molecule has 0 aliphatic carbocycles. The smallest absolute Gasteiger partial charge is 0.233 e. The van der Waals surface area contributed by atoms with Gasteiger partial charge in [0, 0.05) is 17.1 Å². The lowest BCUT2D eigenvalue weighted by atomic mass is 10.2. The SMILES string of the molecule is COc1ccc(CNC(=O)C(C)Sc2nnc(-c3ccc(Cl)cc3)n2Cc2ccco2)cc1. The van der Waals surface area contributed by atoms with E-state index in [1.165, 1.54) is 11.8 Å². The highest BCUT2D eigenvalue weighted by Gasteiger charge is 2.21. The number of nitrogens with one attached hydrogen (secondary N) is 1. The van der Waals surface area contributed by atoms with Crippen LogP contribution in [-0.2, 0) is 17.9 Å². The molecule has 4 rings (SSSR count). The molecule has 1 atom stereocenters. The summed E-state index contributed by atoms with van der Waals surface area (Å²) < 4.78 is 12.6. The van der Waals surface area contributed by atoms with Gasteiger partial charge < -0.3 is 14.5 Å². The maximum absolute atomic E-state index is 12.7. The Labute approximate surface area is 201 Å². The number of nitrogens with zero attached hydrogens (tertiary/aromatic N) is 3. The van der Waals surface area contributed by atoms with Gasteiger partial charge >= 0.3 is 0 Å². The van der Waals surface area contributed by atoms with Gasteiger partial charge in [0.25, 0.3) is 0 Å². The molecular weight excluding hydrogens is 460 g/mol. The molecule has 1 N–H and O–H groups in total. The molecule has 1 amide bonds. The molecule has 0 saturated heterocycles. The van der Waals surface area contributed by atoms with Crippen molar-refractivity contribution in [2.45, 2.75) is 30.4 Å². The standard InChI is InChI=1S/C24H23ClN4O3S/c1-16(23(30)26-14-17-5-11-20(31-2)12-6-17)33-24-28-27-22(18-7-9-19(25)10-8-18)29(24)15-21-4-3-13-32-21/h3-13,16H,14-15H2,1-2H3,(H,26,30). The number of methoxy groups -OCH3 is 1. The largest absolute Gasteiger partial charge is 0.497 e. The van der Waals surface area contributed by atoms with Crippen LogP contribution < -0.4 is 10.1 Å². The van der Waals surface area contributed by atoms with Crippen molar-refractivity contribution in [3.63, 3.8) is 0 Å². The third-order valence-corrected chi connectivity index (χ3v) is 6.32. The molecular formula is C24H23ClN4O3S. The van der Waals surface area contributed by atoms with Gasteiger partial charge in [-0.05, 0) is 61.0 Å². The highest BCUT2D eigenvalue weighted by Crippen LogP contribution is 2.28. The first-order valence-corrected chi connectivity index (χ1v) is 11.6. The second-order valence-electron chi connectivity index (χ2n) is 7.30. The molecule has 1 unspecified atom stereocenters. The van der Waals surface area contributed by atoms with E-state index in [1.54, 1.807) is 13.4 Å². The van der Waals surface area contributed by atoms with Crippen LogP contribution in [0.1, 0.15) is 18.2 Å². The van der Waals surface area contributed by atoms with Crippen molar-refractivity contribution in [3.05, 3.63) is 83.3 Å². The highest BCUT2D eigenvalue weighted by molar-refractivity contribution is 8.00. The molecule has 0 fully saturated rings. The molecule has 0 saturated carbocycles. The van der Waals surface area contributed by atoms with Gasteiger partial charge in [-0.2, -0.15) is 0 Å². The van der Waals surface area contributed by atoms with Crippen molar-refractivity contribution < 1.29 is 13.9 Å². The van der Waals surface area contributed by atoms with E-state index in [4.69, 9.17) is 20.8 Å². The van der Waals surface area contributed by atoms with Gasteiger partial charge in [-0.25, -0.2) is 0 Å². The maximum atomic E-state index is 12.7. The van der Waals surface area contributed by atoms with E-state index in [0.29, 0.717) is 29.1 Å². The third kappa shape index (κ3) is 5.77. The Morgan fingerprint density at radius 2 is 1.91 bits per heavy atom. The van der Waals surface area contributed by atoms with Gasteiger partial charge in [0.05, 0.1) is 25.2 Å². The van der Waals surface area contributed by atoms with Crippen LogP contribution in [0, 0.1) is 0 Å². The van der Waals surface area contributed by atoms with Crippen molar-refractivity contribution in [2.24, 2.45) is 0 Å². The number of carbonyl (C=O) groups is 1. The molecule has 2 aromatic carbocycles. The summed E-state index contributed by atoms with van der Waals surface area (Å²) >= 11 is 7.39. The van der Waals surface area contributed by atoms with Crippen LogP contribution in [0.5, 0.6) is 5.75 Å². The number of ether oxygens (including phenoxy) is 1. The fraction of sp³-hybridized carbons (Fsp3) is 0.208. The molecule has 7 nitrogen and oxygen atoms in total. The van der Waals surface area contributed by atoms with Crippen LogP contribution in [0.15, 0.2) is 76.5 Å². The number of furan rings is 1. The quantitative estimate of drug-likeness (QED) is 0.336. The summed E-state index contributed by atoms with van der Waals surface area (Å²) in [5, 5.41) is 12.6. The van der Waals surface area contributed by atoms with Gasteiger partial charge in [-0.1, -0.05) is 35.5 Å². The zero-order chi connectivity index (χ0) is 23.2. The van der Waals surface area contributed by atoms with Crippen LogP contribution >= 0.6 is 23.4 Å². The number of aromatic nitrogens is 3. The van der Waals surface area contributed by atoms with Gasteiger partial charge in [-0.3, -0.25) is 9.36 Å². The van der Waals surface area contributed by atoms with Gasteiger partial charge in [0.2, 0.25) is 5.91 Å². The second kappa shape index (κ2) is 10.6. The molecule has 2 aromatic heterocycles. The minimum Gasteiger partial charge on any atom is -0.497 e. The number of halogens is 1. The molecule has 2 heterocycles. The monoisotopic (exact) mass is 482 g/mol. The van der Waals surface area contributed by atoms with Gasteiger partial charge in [0.15, 0.2) is 11.0 Å². The predicted molar refractivity (Wildman–Crippen MR) is 128 cm³/mol. The summed E-state index contributed by atoms with van der Waals surface area (Å²) in [5.74, 6) is 2.14. The average Bonchev–Trinajstić information content (AvgIpc) is 3.49. The lowest BCUT2D eigenvalue weighted by Gasteiger charge is -2.13. The highest BCUT2D eigenvalue weighted by atomic mass is 35.5. The molecule has 0 aliphatic heterocycles. The molecule has 4 aromatic rings. The summed E-state index contributed by atoms with van der Waals surface area (Å²) in [6.45, 7) is 2.73. The number of hydrogen-bond donors (Lipinski definition) is 1. The van der Waals surface area contributed by atoms with E-state index >= 15 is 0 Å². The first-order chi connectivity index (χ1) is 16.0. The Balaban J connectivity index is 1.48. The normalized spacial score (nSPS) is 11.8. The number of hydrogen-bond acceptors (Lipinski definition) is 6. The Hall–Kier alpha value is -3.23. The summed E-state index contributed by atoms with van der Waals surface area (Å²) in [5.41, 5.74) is 1.87. The number of carbonyl (C=O) groups excluding carboxylic acids is 1. The van der Waals surface area contributed by atoms with E-state index in [9.17, 15) is 4.79 Å². The van der Waals surface area contributed by atoms with Crippen LogP contribution in [0.3, 0.4) is 0 Å². The summed E-state index contributed by atoms with van der Waals surface area (Å²) in [6, 6.07) is 18.7. The minimum absolute atomic E-state index is 0.0867. The minimum atomic E-state index is -0.374. The average molecular weight is 483 g/mol. The number of thioether (sulfide) groups is 1. The van der Waals surface area contributed by atoms with Crippen molar-refractivity contribution in [1.29, 1.82) is 0 Å². The summed E-state index contributed by atoms with van der Waals surface area (Å²) in [4.78, 5) is 12.7. The van der Waals surface area contributed by atoms with Crippen LogP contribution in [-0.4, -0.2) is 33.0 Å². The third-order valence-electron chi connectivity index (χ3n) is 4.99. The van der Waals surface area contributed by atoms with Crippen LogP contribution in [0.4, 0.5) is 0 Å². The molecule has 0 bridgehead atoms. The molecule has 170 valence electrons. The molecule has 0 radical (unpaired) electrons. The molecule has 0 aliphatic rings. The van der Waals surface area contributed by atoms with E-state index in [2.05, 4.69) is 15.5 Å². The zero-order valence-electron chi connectivity index (χ0n) is 18.2. The summed E-state index contributed by atoms with van der Waals surface area (Å²) in [7, 11) is 1.62. The maximum Gasteiger partial charge on any atom is 0.233 e. The first-order valence-electron chi connectivity index (χ1n) is 10.3. The van der Waals surface area contributed by atoms with Crippen molar-refractivity contribution >= 4 is 29.3 Å². The van der Waals surface area contributed by atoms with Crippen molar-refractivity contribution in [2.75, 3.05) is 7.11 Å². The van der Waals surface area contributed by atoms with Crippen molar-refractivity contribution in [3.8, 4) is 17.1 Å². The van der Waals surface area contributed by atoms with Crippen molar-refractivity contribution in [1.82, 2.24) is 20.1 Å². The van der Waals surface area contributed by atoms with Crippen LogP contribution in [0.2, 0.25) is 5.02 Å². The Kier molecular flexibility index (Phi) is 7.36. The fourth-order valence-corrected chi connectivity index (χ4v) is 4.18. The van der Waals surface area contributed by atoms with Gasteiger partial charge in [0.1, 0.15) is 11.5 Å². The molecule has 0 spiro atoms. The number of amides is 1. The molecule has 9 heteroatoms. The summed E-state index contributed by atoms with van der Waals surface area (Å²) in [6.07, 6.45) is 1.63. The van der Waals surface area contributed by atoms with Crippen LogP contribution in [0.25, 0.3) is 11.4 Å². The molecule has 33 heavy (non-hydrogen) atoms. The lowest BCUT2D eigenvalue weighted by Crippen LogP contribution is -2.30. The van der Waals surface area contributed by atoms with E-state index in [-0.39, 0.29) is 11.2 Å². The fourth-order valence-electron chi connectivity index (χ4n) is 3.18. The lowest BCUT2D eigenvalue weighted by molar-refractivity contribution is -0.120. The Bertz CT molecular complexity index is 1190. The Morgan fingerprint density at radius 3 is 2.58 bits per heavy atom. The predicted octanol–water partition coefficient (Wildman–Crippen LogP) is 5.05. The Morgan fingerprint density at radius 1 is 1.15 bits per heavy atom. The zero-order valence-corrected chi connectivity index (χ0v) is 19.8.